The molecule has 0 unspecified atom stereocenters. The summed E-state index contributed by atoms with van der Waals surface area (Å²) in [6.45, 7) is 18.4. The summed E-state index contributed by atoms with van der Waals surface area (Å²) in [5, 5.41) is 0. The summed E-state index contributed by atoms with van der Waals surface area (Å²) < 4.78 is 5.25. The molecule has 22 heavy (non-hydrogen) atoms. The Hall–Kier alpha value is -0.300. The van der Waals surface area contributed by atoms with Crippen LogP contribution in [0, 0.1) is 11.8 Å². The molecular formula is C21H44O. The van der Waals surface area contributed by atoms with Crippen molar-refractivity contribution in [3.05, 3.63) is 12.2 Å². The van der Waals surface area contributed by atoms with Gasteiger partial charge in [-0.3, -0.25) is 0 Å². The Labute approximate surface area is 141 Å². The van der Waals surface area contributed by atoms with Crippen LogP contribution in [0.5, 0.6) is 0 Å². The maximum atomic E-state index is 5.25. The van der Waals surface area contributed by atoms with E-state index in [1.807, 2.05) is 27.7 Å². The molecule has 1 nitrogen and oxygen atoms in total. The molecule has 0 radical (unpaired) electrons. The Morgan fingerprint density at radius 1 is 0.864 bits per heavy atom. The number of hydrogen-bond acceptors (Lipinski definition) is 1. The fraction of sp³-hybridized carbons (Fsp3) is 0.905. The average molecular weight is 313 g/mol. The van der Waals surface area contributed by atoms with Crippen molar-refractivity contribution in [1.82, 2.24) is 0 Å². The zero-order valence-corrected chi connectivity index (χ0v) is 16.5. The minimum atomic E-state index is 0.749. The normalized spacial score (nSPS) is 18.6. The Morgan fingerprint density at radius 2 is 1.36 bits per heavy atom. The van der Waals surface area contributed by atoms with Gasteiger partial charge < -0.3 is 4.74 Å². The van der Waals surface area contributed by atoms with Crippen LogP contribution in [0.3, 0.4) is 0 Å². The Morgan fingerprint density at radius 3 is 1.73 bits per heavy atom. The lowest BCUT2D eigenvalue weighted by Gasteiger charge is -2.23. The largest absolute Gasteiger partial charge is 0.381 e. The van der Waals surface area contributed by atoms with Crippen molar-refractivity contribution in [3.8, 4) is 0 Å². The van der Waals surface area contributed by atoms with Crippen molar-refractivity contribution in [1.29, 1.82) is 0 Å². The SMILES string of the molecule is C=C(CC)C1CCOCC1.CC.CC.CCC1CCCCC1. The third kappa shape index (κ3) is 12.3. The molecule has 0 amide bonds. The molecule has 1 saturated carbocycles. The number of rotatable bonds is 3. The molecule has 1 aliphatic heterocycles. The highest BCUT2D eigenvalue weighted by Crippen LogP contribution is 2.25. The van der Waals surface area contributed by atoms with Gasteiger partial charge in [-0.2, -0.15) is 0 Å². The second-order valence-corrected chi connectivity index (χ2v) is 5.81. The summed E-state index contributed by atoms with van der Waals surface area (Å²) in [6, 6.07) is 0. The van der Waals surface area contributed by atoms with Crippen molar-refractivity contribution in [2.75, 3.05) is 13.2 Å². The number of allylic oxidation sites excluding steroid dienone is 1. The van der Waals surface area contributed by atoms with Gasteiger partial charge in [0.05, 0.1) is 0 Å². The van der Waals surface area contributed by atoms with E-state index in [-0.39, 0.29) is 0 Å². The van der Waals surface area contributed by atoms with E-state index < -0.39 is 0 Å². The molecule has 2 aliphatic rings. The smallest absolute Gasteiger partial charge is 0.0471 e. The van der Waals surface area contributed by atoms with Gasteiger partial charge in [-0.25, -0.2) is 0 Å². The predicted octanol–water partition coefficient (Wildman–Crippen LogP) is 7.41. The van der Waals surface area contributed by atoms with Crippen LogP contribution < -0.4 is 0 Å². The molecule has 2 rings (SSSR count). The highest BCUT2D eigenvalue weighted by molar-refractivity contribution is 5.00. The molecule has 0 bridgehead atoms. The Balaban J connectivity index is 0. The highest BCUT2D eigenvalue weighted by atomic mass is 16.5. The van der Waals surface area contributed by atoms with Gasteiger partial charge in [-0.1, -0.05) is 92.2 Å². The molecular weight excluding hydrogens is 268 g/mol. The molecule has 0 aromatic carbocycles. The maximum Gasteiger partial charge on any atom is 0.0471 e. The summed E-state index contributed by atoms with van der Waals surface area (Å²) >= 11 is 0. The zero-order valence-electron chi connectivity index (χ0n) is 16.5. The molecule has 1 aliphatic carbocycles. The monoisotopic (exact) mass is 312 g/mol. The van der Waals surface area contributed by atoms with Crippen LogP contribution in [0.2, 0.25) is 0 Å². The van der Waals surface area contributed by atoms with Gasteiger partial charge >= 0.3 is 0 Å². The lowest BCUT2D eigenvalue weighted by atomic mass is 9.88. The van der Waals surface area contributed by atoms with Gasteiger partial charge in [-0.05, 0) is 31.1 Å². The van der Waals surface area contributed by atoms with Gasteiger partial charge in [0, 0.05) is 13.2 Å². The zero-order chi connectivity index (χ0) is 17.2. The lowest BCUT2D eigenvalue weighted by molar-refractivity contribution is 0.0752. The number of hydrogen-bond donors (Lipinski definition) is 0. The molecule has 0 N–H and O–H groups in total. The Kier molecular flexibility index (Phi) is 20.4. The van der Waals surface area contributed by atoms with Gasteiger partial charge in [0.2, 0.25) is 0 Å². The number of ether oxygens (including phenoxy) is 1. The first kappa shape index (κ1) is 24.0. The van der Waals surface area contributed by atoms with Gasteiger partial charge in [0.1, 0.15) is 0 Å². The van der Waals surface area contributed by atoms with Crippen molar-refractivity contribution in [2.45, 2.75) is 99.3 Å². The van der Waals surface area contributed by atoms with Crippen LogP contribution in [0.25, 0.3) is 0 Å². The van der Waals surface area contributed by atoms with Crippen LogP contribution in [-0.4, -0.2) is 13.2 Å². The molecule has 2 fully saturated rings. The highest BCUT2D eigenvalue weighted by Gasteiger charge is 2.14. The standard InChI is InChI=1S/C9H16O.C8H16.2C2H6/c1-3-8(2)9-4-6-10-7-5-9;1-2-8-6-4-3-5-7-8;2*1-2/h9H,2-7H2,1H3;8H,2-7H2,1H3;2*1-2H3. The van der Waals surface area contributed by atoms with Gasteiger partial charge in [-0.15, -0.1) is 0 Å². The predicted molar refractivity (Wildman–Crippen MR) is 103 cm³/mol. The molecule has 1 saturated heterocycles. The van der Waals surface area contributed by atoms with Crippen molar-refractivity contribution in [3.63, 3.8) is 0 Å². The topological polar surface area (TPSA) is 9.23 Å². The molecule has 0 spiro atoms. The van der Waals surface area contributed by atoms with Crippen molar-refractivity contribution >= 4 is 0 Å². The lowest BCUT2D eigenvalue weighted by Crippen LogP contribution is -2.16. The fourth-order valence-electron chi connectivity index (χ4n) is 2.99. The molecule has 0 aromatic rings. The molecule has 1 heterocycles. The minimum absolute atomic E-state index is 0.749. The summed E-state index contributed by atoms with van der Waals surface area (Å²) in [4.78, 5) is 0. The molecule has 1 heteroatoms. The Bertz CT molecular complexity index is 210. The van der Waals surface area contributed by atoms with Crippen LogP contribution in [0.15, 0.2) is 12.2 Å². The second-order valence-electron chi connectivity index (χ2n) is 5.81. The van der Waals surface area contributed by atoms with E-state index in [4.69, 9.17) is 4.74 Å². The van der Waals surface area contributed by atoms with Crippen LogP contribution >= 0.6 is 0 Å². The van der Waals surface area contributed by atoms with E-state index in [2.05, 4.69) is 20.4 Å². The van der Waals surface area contributed by atoms with E-state index in [9.17, 15) is 0 Å². The van der Waals surface area contributed by atoms with Crippen molar-refractivity contribution < 1.29 is 4.74 Å². The quantitative estimate of drug-likeness (QED) is 0.493. The van der Waals surface area contributed by atoms with E-state index >= 15 is 0 Å². The fourth-order valence-corrected chi connectivity index (χ4v) is 2.99. The van der Waals surface area contributed by atoms with Crippen LogP contribution in [0.4, 0.5) is 0 Å². The first-order valence-electron chi connectivity index (χ1n) is 10.0. The molecule has 134 valence electrons. The van der Waals surface area contributed by atoms with Gasteiger partial charge in [0.25, 0.3) is 0 Å². The van der Waals surface area contributed by atoms with E-state index in [0.29, 0.717) is 0 Å². The van der Waals surface area contributed by atoms with E-state index in [1.54, 1.807) is 0 Å². The van der Waals surface area contributed by atoms with Crippen LogP contribution in [-0.2, 0) is 4.74 Å². The summed E-state index contributed by atoms with van der Waals surface area (Å²) in [5.41, 5.74) is 1.41. The van der Waals surface area contributed by atoms with Crippen LogP contribution in [0.1, 0.15) is 99.3 Å². The average Bonchev–Trinajstić information content (AvgIpc) is 2.66. The first-order chi connectivity index (χ1) is 10.8. The van der Waals surface area contributed by atoms with Crippen molar-refractivity contribution in [2.24, 2.45) is 11.8 Å². The van der Waals surface area contributed by atoms with Gasteiger partial charge in [0.15, 0.2) is 0 Å². The maximum absolute atomic E-state index is 5.25. The first-order valence-corrected chi connectivity index (χ1v) is 10.0. The molecule has 0 atom stereocenters. The summed E-state index contributed by atoms with van der Waals surface area (Å²) in [6.07, 6.45) is 12.4. The second kappa shape index (κ2) is 18.7. The summed E-state index contributed by atoms with van der Waals surface area (Å²) in [5.74, 6) is 1.84. The minimum Gasteiger partial charge on any atom is -0.381 e. The molecule has 0 aromatic heterocycles. The third-order valence-electron chi connectivity index (χ3n) is 4.55. The third-order valence-corrected chi connectivity index (χ3v) is 4.55. The van der Waals surface area contributed by atoms with E-state index in [0.717, 1.165) is 31.5 Å². The summed E-state index contributed by atoms with van der Waals surface area (Å²) in [7, 11) is 0. The van der Waals surface area contributed by atoms with E-state index in [1.165, 1.54) is 56.9 Å².